The third-order valence-corrected chi connectivity index (χ3v) is 6.20. The maximum absolute atomic E-state index is 12.7. The van der Waals surface area contributed by atoms with Crippen LogP contribution in [0.15, 0.2) is 47.4 Å². The maximum atomic E-state index is 12.7. The first kappa shape index (κ1) is 24.2. The zero-order valence-corrected chi connectivity index (χ0v) is 19.0. The van der Waals surface area contributed by atoms with Gasteiger partial charge in [0.05, 0.1) is 9.83 Å². The molecule has 2 aromatic carbocycles. The number of nitro groups is 1. The molecule has 172 valence electrons. The van der Waals surface area contributed by atoms with Crippen LogP contribution in [-0.2, 0) is 9.59 Å². The Bertz CT molecular complexity index is 1120. The van der Waals surface area contributed by atoms with E-state index >= 15 is 0 Å². The highest BCUT2D eigenvalue weighted by molar-refractivity contribution is 8.26. The van der Waals surface area contributed by atoms with Gasteiger partial charge in [-0.1, -0.05) is 30.4 Å². The number of unbranched alkanes of at least 4 members (excludes halogenated alkanes) is 2. The first-order chi connectivity index (χ1) is 15.7. The highest BCUT2D eigenvalue weighted by atomic mass is 32.2. The molecule has 2 aromatic rings. The first-order valence-corrected chi connectivity index (χ1v) is 11.3. The summed E-state index contributed by atoms with van der Waals surface area (Å²) in [4.78, 5) is 36.7. The van der Waals surface area contributed by atoms with E-state index in [9.17, 15) is 29.9 Å². The van der Waals surface area contributed by atoms with Crippen molar-refractivity contribution in [3.05, 3.63) is 63.0 Å². The van der Waals surface area contributed by atoms with Crippen molar-refractivity contribution in [1.29, 1.82) is 0 Å². The molecule has 3 N–H and O–H groups in total. The summed E-state index contributed by atoms with van der Waals surface area (Å²) in [5, 5.41) is 32.7. The molecule has 0 aromatic heterocycles. The highest BCUT2D eigenvalue weighted by Crippen LogP contribution is 2.35. The Hall–Kier alpha value is -3.44. The number of carbonyl (C=O) groups is 2. The molecule has 0 bridgehead atoms. The Morgan fingerprint density at radius 3 is 2.55 bits per heavy atom. The fraction of sp³-hybridized carbons (Fsp3) is 0.227. The number of thiocarbonyl (C=S) groups is 1. The van der Waals surface area contributed by atoms with Gasteiger partial charge in [-0.25, -0.2) is 0 Å². The quantitative estimate of drug-likeness (QED) is 0.156. The highest BCUT2D eigenvalue weighted by Gasteiger charge is 2.31. The molecule has 1 aliphatic rings. The minimum Gasteiger partial charge on any atom is -0.508 e. The number of benzene rings is 2. The van der Waals surface area contributed by atoms with Gasteiger partial charge in [-0.3, -0.25) is 24.6 Å². The average molecular weight is 488 g/mol. The van der Waals surface area contributed by atoms with Crippen LogP contribution in [0.3, 0.4) is 0 Å². The van der Waals surface area contributed by atoms with E-state index in [0.29, 0.717) is 46.3 Å². The zero-order chi connectivity index (χ0) is 24.0. The van der Waals surface area contributed by atoms with Crippen molar-refractivity contribution in [2.75, 3.05) is 11.9 Å². The molecule has 0 atom stereocenters. The van der Waals surface area contributed by atoms with E-state index in [1.165, 1.54) is 53.4 Å². The van der Waals surface area contributed by atoms with Crippen molar-refractivity contribution in [3.63, 3.8) is 0 Å². The average Bonchev–Trinajstić information content (AvgIpc) is 3.03. The summed E-state index contributed by atoms with van der Waals surface area (Å²) in [6, 6.07) is 9.76. The summed E-state index contributed by atoms with van der Waals surface area (Å²) in [5.74, 6) is -0.634. The van der Waals surface area contributed by atoms with Crippen LogP contribution < -0.4 is 5.32 Å². The molecule has 1 saturated heterocycles. The fourth-order valence-electron chi connectivity index (χ4n) is 3.11. The van der Waals surface area contributed by atoms with Crippen molar-refractivity contribution < 1.29 is 24.7 Å². The molecule has 9 nitrogen and oxygen atoms in total. The molecule has 0 unspecified atom stereocenters. The Balaban J connectivity index is 1.42. The molecule has 3 rings (SSSR count). The van der Waals surface area contributed by atoms with Crippen LogP contribution in [-0.4, -0.2) is 42.7 Å². The summed E-state index contributed by atoms with van der Waals surface area (Å²) in [6.07, 6.45) is 3.81. The van der Waals surface area contributed by atoms with Gasteiger partial charge in [0.2, 0.25) is 5.91 Å². The van der Waals surface area contributed by atoms with E-state index in [1.807, 2.05) is 0 Å². The SMILES string of the molecule is O=C(CCCCCN1C(=O)/C(=C/c2ccc(O)cc2O)SC1=S)Nc1ccc([N+](=O)[O-])cc1. The summed E-state index contributed by atoms with van der Waals surface area (Å²) in [6.45, 7) is 0.424. The van der Waals surface area contributed by atoms with Crippen molar-refractivity contribution in [2.45, 2.75) is 25.7 Å². The van der Waals surface area contributed by atoms with E-state index in [4.69, 9.17) is 12.2 Å². The van der Waals surface area contributed by atoms with Crippen molar-refractivity contribution in [1.82, 2.24) is 4.90 Å². The van der Waals surface area contributed by atoms with Gasteiger partial charge in [0.25, 0.3) is 11.6 Å². The number of rotatable bonds is 9. The lowest BCUT2D eigenvalue weighted by Crippen LogP contribution is -2.29. The normalized spacial score (nSPS) is 14.7. The van der Waals surface area contributed by atoms with E-state index in [-0.39, 0.29) is 35.4 Å². The molecule has 1 aliphatic heterocycles. The number of carbonyl (C=O) groups excluding carboxylic acids is 2. The zero-order valence-electron chi connectivity index (χ0n) is 17.4. The number of hydrogen-bond donors (Lipinski definition) is 3. The van der Waals surface area contributed by atoms with Crippen LogP contribution >= 0.6 is 24.0 Å². The molecule has 0 spiro atoms. The van der Waals surface area contributed by atoms with E-state index < -0.39 is 4.92 Å². The predicted octanol–water partition coefficient (Wildman–Crippen LogP) is 4.41. The molecule has 2 amide bonds. The van der Waals surface area contributed by atoms with Crippen LogP contribution in [0.25, 0.3) is 6.08 Å². The largest absolute Gasteiger partial charge is 0.508 e. The molecule has 0 radical (unpaired) electrons. The number of phenols is 2. The third-order valence-electron chi connectivity index (χ3n) is 4.82. The van der Waals surface area contributed by atoms with Gasteiger partial charge in [0, 0.05) is 42.4 Å². The Kier molecular flexibility index (Phi) is 8.01. The summed E-state index contributed by atoms with van der Waals surface area (Å²) >= 11 is 6.45. The molecular weight excluding hydrogens is 466 g/mol. The van der Waals surface area contributed by atoms with Gasteiger partial charge in [0.15, 0.2) is 0 Å². The molecule has 0 aliphatic carbocycles. The van der Waals surface area contributed by atoms with Gasteiger partial charge >= 0.3 is 0 Å². The monoisotopic (exact) mass is 487 g/mol. The van der Waals surface area contributed by atoms with E-state index in [1.54, 1.807) is 0 Å². The lowest BCUT2D eigenvalue weighted by Gasteiger charge is -2.14. The predicted molar refractivity (Wildman–Crippen MR) is 130 cm³/mol. The fourth-order valence-corrected chi connectivity index (χ4v) is 4.41. The topological polar surface area (TPSA) is 133 Å². The van der Waals surface area contributed by atoms with Crippen LogP contribution in [0.1, 0.15) is 31.2 Å². The Morgan fingerprint density at radius 2 is 1.88 bits per heavy atom. The van der Waals surface area contributed by atoms with Gasteiger partial charge in [-0.15, -0.1) is 0 Å². The smallest absolute Gasteiger partial charge is 0.269 e. The first-order valence-electron chi connectivity index (χ1n) is 10.1. The van der Waals surface area contributed by atoms with Crippen molar-refractivity contribution in [3.8, 4) is 11.5 Å². The second kappa shape index (κ2) is 10.9. The maximum Gasteiger partial charge on any atom is 0.269 e. The number of nitrogens with zero attached hydrogens (tertiary/aromatic N) is 2. The number of non-ortho nitro benzene ring substituents is 1. The number of nitrogens with one attached hydrogen (secondary N) is 1. The van der Waals surface area contributed by atoms with Gasteiger partial charge in [-0.05, 0) is 43.2 Å². The number of anilines is 1. The summed E-state index contributed by atoms with van der Waals surface area (Å²) in [7, 11) is 0. The van der Waals surface area contributed by atoms with Gasteiger partial charge in [0.1, 0.15) is 15.8 Å². The van der Waals surface area contributed by atoms with Crippen molar-refractivity contribution in [2.24, 2.45) is 0 Å². The molecule has 1 fully saturated rings. The summed E-state index contributed by atoms with van der Waals surface area (Å²) in [5.41, 5.74) is 0.861. The number of aromatic hydroxyl groups is 2. The summed E-state index contributed by atoms with van der Waals surface area (Å²) < 4.78 is 0.431. The van der Waals surface area contributed by atoms with Gasteiger partial charge in [-0.2, -0.15) is 0 Å². The minimum absolute atomic E-state index is 0.0431. The van der Waals surface area contributed by atoms with Crippen molar-refractivity contribution >= 4 is 57.6 Å². The van der Waals surface area contributed by atoms with E-state index in [2.05, 4.69) is 5.32 Å². The molecular formula is C22H21N3O6S2. The standard InChI is InChI=1S/C22H21N3O6S2/c26-17-10-5-14(18(27)13-17)12-19-21(29)24(22(32)33-19)11-3-1-2-4-20(28)23-15-6-8-16(9-7-15)25(30)31/h5-10,12-13,26-27H,1-4,11H2,(H,23,28)/b19-12-. The van der Waals surface area contributed by atoms with Crippen LogP contribution in [0.4, 0.5) is 11.4 Å². The Labute approximate surface area is 199 Å². The number of nitro benzene ring substituents is 1. The minimum atomic E-state index is -0.503. The van der Waals surface area contributed by atoms with Crippen LogP contribution in [0, 0.1) is 10.1 Å². The number of phenolic OH excluding ortho intramolecular Hbond substituents is 2. The lowest BCUT2D eigenvalue weighted by molar-refractivity contribution is -0.384. The number of amides is 2. The molecule has 1 heterocycles. The molecule has 33 heavy (non-hydrogen) atoms. The number of thioether (sulfide) groups is 1. The second-order valence-corrected chi connectivity index (χ2v) is 8.92. The van der Waals surface area contributed by atoms with Gasteiger partial charge < -0.3 is 15.5 Å². The Morgan fingerprint density at radius 1 is 1.15 bits per heavy atom. The molecule has 0 saturated carbocycles. The van der Waals surface area contributed by atoms with E-state index in [0.717, 1.165) is 11.8 Å². The van der Waals surface area contributed by atoms with Crippen LogP contribution in [0.2, 0.25) is 0 Å². The number of hydrogen-bond acceptors (Lipinski definition) is 8. The van der Waals surface area contributed by atoms with Crippen LogP contribution in [0.5, 0.6) is 11.5 Å². The third kappa shape index (κ3) is 6.53. The molecule has 11 heteroatoms. The lowest BCUT2D eigenvalue weighted by atomic mass is 10.1. The second-order valence-electron chi connectivity index (χ2n) is 7.24.